The summed E-state index contributed by atoms with van der Waals surface area (Å²) in [6.45, 7) is 0. The molecule has 0 heterocycles. The van der Waals surface area contributed by atoms with Gasteiger partial charge in [-0.15, -0.1) is 0 Å². The zero-order valence-electron chi connectivity index (χ0n) is 31.5. The van der Waals surface area contributed by atoms with Crippen molar-refractivity contribution in [2.45, 2.75) is 0 Å². The molecule has 10 rings (SSSR count). The van der Waals surface area contributed by atoms with Crippen molar-refractivity contribution in [3.8, 4) is 55.6 Å². The first kappa shape index (κ1) is 34.0. The molecule has 0 spiro atoms. The van der Waals surface area contributed by atoms with Crippen molar-refractivity contribution >= 4 is 38.6 Å². The second kappa shape index (κ2) is 15.0. The first-order valence-corrected chi connectivity index (χ1v) is 19.6. The maximum atomic E-state index is 2.36. The highest BCUT2D eigenvalue weighted by molar-refractivity contribution is 6.04. The zero-order valence-corrected chi connectivity index (χ0v) is 31.5. The molecule has 0 amide bonds. The van der Waals surface area contributed by atoms with Crippen molar-refractivity contribution < 1.29 is 0 Å². The fraction of sp³-hybridized carbons (Fsp3) is 0. The van der Waals surface area contributed by atoms with Crippen LogP contribution in [0.5, 0.6) is 0 Å². The minimum Gasteiger partial charge on any atom is -0.311 e. The second-order valence-electron chi connectivity index (χ2n) is 14.5. The van der Waals surface area contributed by atoms with Gasteiger partial charge in [0.05, 0.1) is 0 Å². The lowest BCUT2D eigenvalue weighted by atomic mass is 9.89. The molecule has 0 unspecified atom stereocenters. The Morgan fingerprint density at radius 2 is 0.667 bits per heavy atom. The van der Waals surface area contributed by atoms with E-state index in [1.807, 2.05) is 0 Å². The molecule has 0 radical (unpaired) electrons. The summed E-state index contributed by atoms with van der Waals surface area (Å²) in [6, 6.07) is 85.5. The minimum absolute atomic E-state index is 1.10. The lowest BCUT2D eigenvalue weighted by molar-refractivity contribution is 1.28. The zero-order chi connectivity index (χ0) is 38.0. The minimum atomic E-state index is 1.10. The van der Waals surface area contributed by atoms with Gasteiger partial charge in [-0.1, -0.05) is 194 Å². The van der Waals surface area contributed by atoms with Crippen LogP contribution in [0.15, 0.2) is 237 Å². The Bertz CT molecular complexity index is 2960. The van der Waals surface area contributed by atoms with E-state index in [4.69, 9.17) is 0 Å². The monoisotopic (exact) mass is 725 g/mol. The molecule has 1 nitrogen and oxygen atoms in total. The summed E-state index contributed by atoms with van der Waals surface area (Å²) in [6.07, 6.45) is 0. The van der Waals surface area contributed by atoms with E-state index in [0.29, 0.717) is 0 Å². The molecule has 1 heteroatoms. The maximum absolute atomic E-state index is 2.36. The predicted octanol–water partition coefficient (Wildman–Crippen LogP) is 15.8. The van der Waals surface area contributed by atoms with Gasteiger partial charge in [0.1, 0.15) is 0 Å². The van der Waals surface area contributed by atoms with Crippen molar-refractivity contribution in [3.63, 3.8) is 0 Å². The molecule has 0 aliphatic carbocycles. The maximum Gasteiger partial charge on any atom is 0.0462 e. The van der Waals surface area contributed by atoms with Gasteiger partial charge in [-0.2, -0.15) is 0 Å². The topological polar surface area (TPSA) is 3.24 Å². The van der Waals surface area contributed by atoms with E-state index in [1.165, 1.54) is 77.2 Å². The van der Waals surface area contributed by atoms with E-state index in [-0.39, 0.29) is 0 Å². The van der Waals surface area contributed by atoms with Gasteiger partial charge >= 0.3 is 0 Å². The Morgan fingerprint density at radius 3 is 1.32 bits per heavy atom. The third-order valence-electron chi connectivity index (χ3n) is 11.1. The van der Waals surface area contributed by atoms with Crippen molar-refractivity contribution in [1.29, 1.82) is 0 Å². The van der Waals surface area contributed by atoms with Crippen LogP contribution in [0.25, 0.3) is 77.2 Å². The van der Waals surface area contributed by atoms with E-state index in [0.717, 1.165) is 17.1 Å². The molecule has 0 atom stereocenters. The first-order valence-electron chi connectivity index (χ1n) is 19.6. The van der Waals surface area contributed by atoms with E-state index in [2.05, 4.69) is 241 Å². The Morgan fingerprint density at radius 1 is 0.228 bits per heavy atom. The number of anilines is 3. The summed E-state index contributed by atoms with van der Waals surface area (Å²) in [5.41, 5.74) is 15.4. The van der Waals surface area contributed by atoms with Crippen molar-refractivity contribution in [2.24, 2.45) is 0 Å². The quantitative estimate of drug-likeness (QED) is 0.151. The van der Waals surface area contributed by atoms with Gasteiger partial charge in [-0.05, 0) is 120 Å². The van der Waals surface area contributed by atoms with E-state index >= 15 is 0 Å². The predicted molar refractivity (Wildman–Crippen MR) is 243 cm³/mol. The SMILES string of the molecule is c1ccc(-c2ccc(N(c3ccc(-c4cccc(-c5cccc6ccccc56)c4)cc3)c3ccc(-c4c(-c5ccccc5)ccc5ccccc45)cc3)cc2)cc1. The third-order valence-corrected chi connectivity index (χ3v) is 11.1. The Labute approximate surface area is 334 Å². The van der Waals surface area contributed by atoms with Crippen LogP contribution in [0.1, 0.15) is 0 Å². The van der Waals surface area contributed by atoms with Crippen LogP contribution < -0.4 is 4.90 Å². The van der Waals surface area contributed by atoms with Crippen LogP contribution in [0.3, 0.4) is 0 Å². The molecular weight excluding hydrogens is 687 g/mol. The van der Waals surface area contributed by atoms with Crippen molar-refractivity contribution in [1.82, 2.24) is 0 Å². The van der Waals surface area contributed by atoms with Crippen LogP contribution >= 0.6 is 0 Å². The molecule has 0 saturated heterocycles. The Balaban J connectivity index is 1.04. The number of rotatable bonds is 8. The lowest BCUT2D eigenvalue weighted by Crippen LogP contribution is -2.09. The van der Waals surface area contributed by atoms with Gasteiger partial charge in [0, 0.05) is 17.1 Å². The first-order chi connectivity index (χ1) is 28.3. The highest BCUT2D eigenvalue weighted by Gasteiger charge is 2.16. The number of fused-ring (bicyclic) bond motifs is 2. The molecule has 10 aromatic rings. The molecule has 0 aliphatic heterocycles. The largest absolute Gasteiger partial charge is 0.311 e. The fourth-order valence-corrected chi connectivity index (χ4v) is 8.25. The molecule has 0 aliphatic rings. The van der Waals surface area contributed by atoms with Gasteiger partial charge in [0.2, 0.25) is 0 Å². The van der Waals surface area contributed by atoms with Crippen LogP contribution in [0.2, 0.25) is 0 Å². The van der Waals surface area contributed by atoms with Crippen molar-refractivity contribution in [3.05, 3.63) is 237 Å². The number of benzene rings is 10. The molecule has 0 N–H and O–H groups in total. The summed E-state index contributed by atoms with van der Waals surface area (Å²) in [5.74, 6) is 0. The number of hydrogen-bond acceptors (Lipinski definition) is 1. The van der Waals surface area contributed by atoms with Crippen LogP contribution in [0, 0.1) is 0 Å². The summed E-state index contributed by atoms with van der Waals surface area (Å²) < 4.78 is 0. The van der Waals surface area contributed by atoms with Crippen LogP contribution in [0.4, 0.5) is 17.1 Å². The van der Waals surface area contributed by atoms with Gasteiger partial charge < -0.3 is 4.90 Å². The average Bonchev–Trinajstić information content (AvgIpc) is 3.30. The van der Waals surface area contributed by atoms with Gasteiger partial charge in [-0.25, -0.2) is 0 Å². The van der Waals surface area contributed by atoms with Crippen molar-refractivity contribution in [2.75, 3.05) is 4.90 Å². The van der Waals surface area contributed by atoms with E-state index < -0.39 is 0 Å². The molecule has 0 saturated carbocycles. The normalized spacial score (nSPS) is 11.2. The summed E-state index contributed by atoms with van der Waals surface area (Å²) in [5, 5.41) is 5.01. The fourth-order valence-electron chi connectivity index (χ4n) is 8.25. The second-order valence-corrected chi connectivity index (χ2v) is 14.5. The number of hydrogen-bond donors (Lipinski definition) is 0. The molecule has 0 aromatic heterocycles. The average molecular weight is 726 g/mol. The van der Waals surface area contributed by atoms with Crippen LogP contribution in [-0.2, 0) is 0 Å². The molecule has 268 valence electrons. The molecule has 0 fully saturated rings. The molecule has 10 aromatic carbocycles. The molecular formula is C56H39N. The van der Waals surface area contributed by atoms with E-state index in [1.54, 1.807) is 0 Å². The van der Waals surface area contributed by atoms with E-state index in [9.17, 15) is 0 Å². The summed E-state index contributed by atoms with van der Waals surface area (Å²) in [4.78, 5) is 2.36. The molecule has 57 heavy (non-hydrogen) atoms. The van der Waals surface area contributed by atoms with Gasteiger partial charge in [0.25, 0.3) is 0 Å². The summed E-state index contributed by atoms with van der Waals surface area (Å²) >= 11 is 0. The number of nitrogens with zero attached hydrogens (tertiary/aromatic N) is 1. The Hall–Kier alpha value is -7.48. The smallest absolute Gasteiger partial charge is 0.0462 e. The highest BCUT2D eigenvalue weighted by atomic mass is 15.1. The van der Waals surface area contributed by atoms with Crippen LogP contribution in [-0.4, -0.2) is 0 Å². The molecule has 0 bridgehead atoms. The summed E-state index contributed by atoms with van der Waals surface area (Å²) in [7, 11) is 0. The highest BCUT2D eigenvalue weighted by Crippen LogP contribution is 2.42. The lowest BCUT2D eigenvalue weighted by Gasteiger charge is -2.26. The third kappa shape index (κ3) is 6.66. The standard InChI is InChI=1S/C56H39N/c1-3-13-40(14-4-1)41-25-32-49(33-26-41)57(50-34-27-42(28-35-50)47-20-11-21-48(39-47)53-24-12-19-43-17-7-9-22-52(43)53)51-36-29-46(30-37-51)56-54-23-10-8-18-45(54)31-38-55(56)44-15-5-2-6-16-44/h1-39H. The van der Waals surface area contributed by atoms with Gasteiger partial charge in [-0.3, -0.25) is 0 Å². The Kier molecular flexibility index (Phi) is 8.95. The van der Waals surface area contributed by atoms with Gasteiger partial charge in [0.15, 0.2) is 0 Å².